The molecule has 2 aromatic carbocycles. The lowest BCUT2D eigenvalue weighted by Gasteiger charge is -2.49. The van der Waals surface area contributed by atoms with Gasteiger partial charge in [-0.05, 0) is 47.9 Å². The average Bonchev–Trinajstić information content (AvgIpc) is 2.91. The summed E-state index contributed by atoms with van der Waals surface area (Å²) in [6.45, 7) is 2.28. The summed E-state index contributed by atoms with van der Waals surface area (Å²) in [6, 6.07) is 14.1. The molecule has 3 aromatic rings. The number of nitro groups is 1. The number of pyridine rings is 1. The quantitative estimate of drug-likeness (QED) is 0.399. The normalized spacial score (nSPS) is 18.7. The third kappa shape index (κ3) is 4.66. The second-order valence-corrected chi connectivity index (χ2v) is 9.42. The van der Waals surface area contributed by atoms with Crippen LogP contribution in [0.15, 0.2) is 60.9 Å². The highest BCUT2D eigenvalue weighted by atomic mass is 35.5. The maximum Gasteiger partial charge on any atom is 0.269 e. The molecule has 3 heterocycles. The van der Waals surface area contributed by atoms with Gasteiger partial charge in [0, 0.05) is 61.4 Å². The van der Waals surface area contributed by atoms with Crippen LogP contribution in [0.5, 0.6) is 5.75 Å². The molecule has 9 nitrogen and oxygen atoms in total. The molecule has 186 valence electrons. The number of rotatable bonds is 6. The number of piperazine rings is 1. The number of non-ortho nitro benzene ring substituents is 1. The molecule has 0 aliphatic carbocycles. The number of benzene rings is 2. The van der Waals surface area contributed by atoms with Gasteiger partial charge in [-0.25, -0.2) is 0 Å². The molecule has 2 atom stereocenters. The SMILES string of the molecule is COc1ccc(Cl)cc1N1CCN2c3ccc([N+](=O)[O-])cc3CC(C(=O)NCc3cccnc3)C2C1. The minimum Gasteiger partial charge on any atom is -0.495 e. The van der Waals surface area contributed by atoms with Gasteiger partial charge in [-0.3, -0.25) is 19.9 Å². The Kier molecular flexibility index (Phi) is 6.65. The molecule has 0 radical (unpaired) electrons. The van der Waals surface area contributed by atoms with E-state index < -0.39 is 10.8 Å². The largest absolute Gasteiger partial charge is 0.495 e. The van der Waals surface area contributed by atoms with E-state index in [4.69, 9.17) is 16.3 Å². The molecule has 2 aliphatic rings. The van der Waals surface area contributed by atoms with Crippen molar-refractivity contribution in [2.45, 2.75) is 19.0 Å². The highest BCUT2D eigenvalue weighted by molar-refractivity contribution is 6.31. The van der Waals surface area contributed by atoms with Gasteiger partial charge in [0.1, 0.15) is 5.75 Å². The summed E-state index contributed by atoms with van der Waals surface area (Å²) >= 11 is 6.30. The van der Waals surface area contributed by atoms with Crippen LogP contribution in [0.2, 0.25) is 5.02 Å². The Balaban J connectivity index is 1.46. The predicted molar refractivity (Wildman–Crippen MR) is 138 cm³/mol. The van der Waals surface area contributed by atoms with Crippen LogP contribution in [0.4, 0.5) is 17.1 Å². The maximum absolute atomic E-state index is 13.5. The van der Waals surface area contributed by atoms with E-state index in [1.807, 2.05) is 24.3 Å². The zero-order chi connectivity index (χ0) is 25.2. The van der Waals surface area contributed by atoms with Gasteiger partial charge >= 0.3 is 0 Å². The van der Waals surface area contributed by atoms with E-state index in [1.54, 1.807) is 37.7 Å². The van der Waals surface area contributed by atoms with Crippen LogP contribution in [-0.4, -0.2) is 48.6 Å². The molecule has 1 aromatic heterocycles. The topological polar surface area (TPSA) is 101 Å². The second-order valence-electron chi connectivity index (χ2n) is 8.98. The molecule has 10 heteroatoms. The molecule has 1 N–H and O–H groups in total. The average molecular weight is 508 g/mol. The Morgan fingerprint density at radius 2 is 2.08 bits per heavy atom. The van der Waals surface area contributed by atoms with Crippen LogP contribution >= 0.6 is 11.6 Å². The number of aromatic nitrogens is 1. The number of nitrogens with one attached hydrogen (secondary N) is 1. The highest BCUT2D eigenvalue weighted by Crippen LogP contribution is 2.40. The van der Waals surface area contributed by atoms with Crippen molar-refractivity contribution in [1.82, 2.24) is 10.3 Å². The summed E-state index contributed by atoms with van der Waals surface area (Å²) in [7, 11) is 1.63. The van der Waals surface area contributed by atoms with Crippen molar-refractivity contribution in [2.24, 2.45) is 5.92 Å². The zero-order valence-electron chi connectivity index (χ0n) is 19.8. The van der Waals surface area contributed by atoms with E-state index in [0.717, 1.165) is 28.3 Å². The molecule has 2 unspecified atom stereocenters. The number of anilines is 2. The molecular weight excluding hydrogens is 482 g/mol. The van der Waals surface area contributed by atoms with Crippen LogP contribution in [0.3, 0.4) is 0 Å². The third-order valence-electron chi connectivity index (χ3n) is 6.91. The number of hydrogen-bond acceptors (Lipinski definition) is 7. The minimum absolute atomic E-state index is 0.0315. The lowest BCUT2D eigenvalue weighted by Crippen LogP contribution is -2.61. The number of amides is 1. The number of carbonyl (C=O) groups is 1. The number of carbonyl (C=O) groups excluding carboxylic acids is 1. The fourth-order valence-corrected chi connectivity index (χ4v) is 5.34. The third-order valence-corrected chi connectivity index (χ3v) is 7.15. The van der Waals surface area contributed by atoms with Gasteiger partial charge < -0.3 is 19.9 Å². The van der Waals surface area contributed by atoms with E-state index >= 15 is 0 Å². The Hall–Kier alpha value is -3.85. The Labute approximate surface area is 213 Å². The minimum atomic E-state index is -0.399. The summed E-state index contributed by atoms with van der Waals surface area (Å²) in [5.74, 6) is 0.229. The first kappa shape index (κ1) is 23.9. The first-order valence-electron chi connectivity index (χ1n) is 11.7. The molecular formula is C26H26ClN5O4. The summed E-state index contributed by atoms with van der Waals surface area (Å²) in [5.41, 5.74) is 3.58. The van der Waals surface area contributed by atoms with Crippen molar-refractivity contribution in [3.63, 3.8) is 0 Å². The smallest absolute Gasteiger partial charge is 0.269 e. The van der Waals surface area contributed by atoms with Gasteiger partial charge in [0.2, 0.25) is 5.91 Å². The van der Waals surface area contributed by atoms with Crippen LogP contribution in [-0.2, 0) is 17.8 Å². The van der Waals surface area contributed by atoms with Gasteiger partial charge in [-0.2, -0.15) is 0 Å². The number of methoxy groups -OCH3 is 1. The molecule has 0 saturated carbocycles. The van der Waals surface area contributed by atoms with Crippen molar-refractivity contribution in [2.75, 3.05) is 36.5 Å². The maximum atomic E-state index is 13.5. The zero-order valence-corrected chi connectivity index (χ0v) is 20.5. The van der Waals surface area contributed by atoms with Gasteiger partial charge in [0.15, 0.2) is 0 Å². The number of nitrogens with zero attached hydrogens (tertiary/aromatic N) is 4. The monoisotopic (exact) mass is 507 g/mol. The summed E-state index contributed by atoms with van der Waals surface area (Å²) < 4.78 is 5.58. The highest BCUT2D eigenvalue weighted by Gasteiger charge is 2.42. The van der Waals surface area contributed by atoms with Gasteiger partial charge in [0.25, 0.3) is 5.69 Å². The van der Waals surface area contributed by atoms with Crippen LogP contribution in [0.25, 0.3) is 0 Å². The Morgan fingerprint density at radius 3 is 2.83 bits per heavy atom. The molecule has 1 fully saturated rings. The number of halogens is 1. The van der Waals surface area contributed by atoms with Crippen molar-refractivity contribution < 1.29 is 14.5 Å². The van der Waals surface area contributed by atoms with Crippen LogP contribution in [0, 0.1) is 16.0 Å². The number of nitro benzene ring substituents is 1. The predicted octanol–water partition coefficient (Wildman–Crippen LogP) is 3.84. The van der Waals surface area contributed by atoms with E-state index in [-0.39, 0.29) is 17.6 Å². The summed E-state index contributed by atoms with van der Waals surface area (Å²) in [6.07, 6.45) is 3.83. The lowest BCUT2D eigenvalue weighted by atomic mass is 9.83. The molecule has 5 rings (SSSR count). The Morgan fingerprint density at radius 1 is 1.22 bits per heavy atom. The van der Waals surface area contributed by atoms with E-state index in [1.165, 1.54) is 6.07 Å². The van der Waals surface area contributed by atoms with Crippen LogP contribution < -0.4 is 19.9 Å². The van der Waals surface area contributed by atoms with Gasteiger partial charge in [0.05, 0.1) is 29.7 Å². The fraction of sp³-hybridized carbons (Fsp3) is 0.308. The molecule has 1 amide bonds. The summed E-state index contributed by atoms with van der Waals surface area (Å²) in [4.78, 5) is 33.1. The molecule has 1 saturated heterocycles. The number of ether oxygens (including phenoxy) is 1. The number of fused-ring (bicyclic) bond motifs is 3. The van der Waals surface area contributed by atoms with Crippen molar-refractivity contribution in [1.29, 1.82) is 0 Å². The van der Waals surface area contributed by atoms with E-state index in [2.05, 4.69) is 20.1 Å². The van der Waals surface area contributed by atoms with Gasteiger partial charge in [-0.15, -0.1) is 0 Å². The van der Waals surface area contributed by atoms with Gasteiger partial charge in [-0.1, -0.05) is 17.7 Å². The summed E-state index contributed by atoms with van der Waals surface area (Å²) in [5, 5.41) is 15.1. The molecule has 36 heavy (non-hydrogen) atoms. The first-order chi connectivity index (χ1) is 17.4. The van der Waals surface area contributed by atoms with Crippen molar-refractivity contribution in [3.8, 4) is 5.75 Å². The van der Waals surface area contributed by atoms with E-state index in [9.17, 15) is 14.9 Å². The lowest BCUT2D eigenvalue weighted by molar-refractivity contribution is -0.384. The molecule has 0 spiro atoms. The standard InChI is InChI=1S/C26H26ClN5O4/c1-36-25-7-4-19(27)13-23(25)30-9-10-31-22-6-5-20(32(34)35)11-18(22)12-21(24(31)16-30)26(33)29-15-17-3-2-8-28-14-17/h2-8,11,13-14,21,24H,9-10,12,15-16H2,1H3,(H,29,33). The Bertz CT molecular complexity index is 1290. The van der Waals surface area contributed by atoms with Crippen LogP contribution in [0.1, 0.15) is 11.1 Å². The van der Waals surface area contributed by atoms with E-state index in [0.29, 0.717) is 37.6 Å². The van der Waals surface area contributed by atoms with Crippen molar-refractivity contribution >= 4 is 34.6 Å². The fourth-order valence-electron chi connectivity index (χ4n) is 5.18. The molecule has 0 bridgehead atoms. The first-order valence-corrected chi connectivity index (χ1v) is 12.1. The number of hydrogen-bond donors (Lipinski definition) is 1. The second kappa shape index (κ2) is 10.0. The van der Waals surface area contributed by atoms with Crippen molar-refractivity contribution in [3.05, 3.63) is 87.2 Å². The molecule has 2 aliphatic heterocycles.